The lowest BCUT2D eigenvalue weighted by molar-refractivity contribution is -0.139. The Morgan fingerprint density at radius 1 is 1.09 bits per heavy atom. The number of pyridine rings is 1. The molecule has 1 unspecified atom stereocenters. The Morgan fingerprint density at radius 2 is 1.79 bits per heavy atom. The lowest BCUT2D eigenvalue weighted by atomic mass is 9.95. The molecule has 0 radical (unpaired) electrons. The fraction of sp³-hybridized carbons (Fsp3) is 0.348. The summed E-state index contributed by atoms with van der Waals surface area (Å²) in [5.41, 5.74) is 1.71. The molecular formula is C23H25Cl2N5O3. The Morgan fingerprint density at radius 3 is 2.42 bits per heavy atom. The second-order valence-electron chi connectivity index (χ2n) is 7.79. The summed E-state index contributed by atoms with van der Waals surface area (Å²) in [4.78, 5) is 34.2. The van der Waals surface area contributed by atoms with Crippen LogP contribution in [0, 0.1) is 0 Å². The highest BCUT2D eigenvalue weighted by atomic mass is 35.5. The van der Waals surface area contributed by atoms with Crippen molar-refractivity contribution in [2.24, 2.45) is 0 Å². The van der Waals surface area contributed by atoms with Gasteiger partial charge in [0, 0.05) is 49.6 Å². The van der Waals surface area contributed by atoms with Crippen molar-refractivity contribution in [3.63, 3.8) is 0 Å². The Bertz CT molecular complexity index is 1040. The molecule has 0 bridgehead atoms. The minimum absolute atomic E-state index is 0.240. The maximum absolute atomic E-state index is 12.9. The van der Waals surface area contributed by atoms with Crippen LogP contribution in [0.2, 0.25) is 10.0 Å². The first-order valence-electron chi connectivity index (χ1n) is 10.8. The van der Waals surface area contributed by atoms with E-state index in [-0.39, 0.29) is 12.6 Å². The largest absolute Gasteiger partial charge is 0.463 e. The van der Waals surface area contributed by atoms with Crippen LogP contribution in [-0.4, -0.2) is 61.2 Å². The van der Waals surface area contributed by atoms with Crippen LogP contribution in [0.15, 0.2) is 53.9 Å². The first kappa shape index (κ1) is 23.4. The van der Waals surface area contributed by atoms with Gasteiger partial charge in [-0.2, -0.15) is 0 Å². The highest BCUT2D eigenvalue weighted by Crippen LogP contribution is 2.29. The summed E-state index contributed by atoms with van der Waals surface area (Å²) in [6.45, 7) is 5.45. The van der Waals surface area contributed by atoms with Crippen LogP contribution in [0.25, 0.3) is 0 Å². The van der Waals surface area contributed by atoms with Crippen molar-refractivity contribution >= 4 is 41.0 Å². The molecule has 4 rings (SSSR count). The van der Waals surface area contributed by atoms with Gasteiger partial charge in [0.15, 0.2) is 0 Å². The van der Waals surface area contributed by atoms with E-state index in [1.807, 2.05) is 12.1 Å². The molecule has 2 aliphatic heterocycles. The molecular weight excluding hydrogens is 465 g/mol. The third kappa shape index (κ3) is 5.58. The number of ether oxygens (including phenoxy) is 1. The molecule has 2 aromatic rings. The molecule has 174 valence electrons. The van der Waals surface area contributed by atoms with Crippen LogP contribution in [0.4, 0.5) is 10.6 Å². The smallest absolute Gasteiger partial charge is 0.338 e. The zero-order valence-electron chi connectivity index (χ0n) is 18.2. The summed E-state index contributed by atoms with van der Waals surface area (Å²) < 4.78 is 5.34. The van der Waals surface area contributed by atoms with Crippen molar-refractivity contribution in [2.75, 3.05) is 44.2 Å². The third-order valence-electron chi connectivity index (χ3n) is 5.64. The van der Waals surface area contributed by atoms with Crippen molar-refractivity contribution in [3.05, 3.63) is 69.5 Å². The maximum atomic E-state index is 12.9. The van der Waals surface area contributed by atoms with Gasteiger partial charge in [-0.15, -0.1) is 0 Å². The molecule has 10 heteroatoms. The van der Waals surface area contributed by atoms with Crippen LogP contribution in [-0.2, 0) is 9.53 Å². The van der Waals surface area contributed by atoms with E-state index >= 15 is 0 Å². The number of esters is 1. The zero-order chi connectivity index (χ0) is 23.4. The number of nitrogens with zero attached hydrogens (tertiary/aromatic N) is 3. The van der Waals surface area contributed by atoms with E-state index in [4.69, 9.17) is 27.9 Å². The van der Waals surface area contributed by atoms with Crippen molar-refractivity contribution in [1.29, 1.82) is 0 Å². The molecule has 0 spiro atoms. The SMILES string of the molecule is CCOC(=O)C1=C(CN2CCN(c3ccc(Cl)cn3)CC2)NC(=O)NC1c1ccc(Cl)cc1. The van der Waals surface area contributed by atoms with Crippen molar-refractivity contribution in [3.8, 4) is 0 Å². The molecule has 1 aromatic carbocycles. The number of aromatic nitrogens is 1. The number of hydrogen-bond donors (Lipinski definition) is 2. The van der Waals surface area contributed by atoms with Gasteiger partial charge in [0.1, 0.15) is 5.82 Å². The van der Waals surface area contributed by atoms with E-state index in [1.165, 1.54) is 0 Å². The Hall–Kier alpha value is -2.81. The van der Waals surface area contributed by atoms with E-state index < -0.39 is 12.0 Å². The van der Waals surface area contributed by atoms with E-state index in [2.05, 4.69) is 25.4 Å². The molecule has 2 aliphatic rings. The first-order chi connectivity index (χ1) is 15.9. The molecule has 1 aromatic heterocycles. The second-order valence-corrected chi connectivity index (χ2v) is 8.67. The minimum atomic E-state index is -0.621. The quantitative estimate of drug-likeness (QED) is 0.604. The number of halogens is 2. The topological polar surface area (TPSA) is 86.8 Å². The van der Waals surface area contributed by atoms with Crippen LogP contribution < -0.4 is 15.5 Å². The number of rotatable bonds is 6. The lowest BCUT2D eigenvalue weighted by Gasteiger charge is -2.37. The van der Waals surface area contributed by atoms with Gasteiger partial charge in [-0.1, -0.05) is 35.3 Å². The number of nitrogens with one attached hydrogen (secondary N) is 2. The Labute approximate surface area is 202 Å². The second kappa shape index (κ2) is 10.4. The third-order valence-corrected chi connectivity index (χ3v) is 6.12. The number of anilines is 1. The minimum Gasteiger partial charge on any atom is -0.463 e. The van der Waals surface area contributed by atoms with Crippen LogP contribution >= 0.6 is 23.2 Å². The number of amides is 2. The maximum Gasteiger partial charge on any atom is 0.338 e. The number of hydrogen-bond acceptors (Lipinski definition) is 6. The van der Waals surface area contributed by atoms with Gasteiger partial charge in [-0.3, -0.25) is 4.90 Å². The van der Waals surface area contributed by atoms with Crippen LogP contribution in [0.5, 0.6) is 0 Å². The summed E-state index contributed by atoms with van der Waals surface area (Å²) in [5, 5.41) is 6.86. The molecule has 33 heavy (non-hydrogen) atoms. The van der Waals surface area contributed by atoms with Crippen molar-refractivity contribution in [1.82, 2.24) is 20.5 Å². The fourth-order valence-corrected chi connectivity index (χ4v) is 4.25. The van der Waals surface area contributed by atoms with Crippen LogP contribution in [0.1, 0.15) is 18.5 Å². The molecule has 0 saturated carbocycles. The van der Waals surface area contributed by atoms with Crippen molar-refractivity contribution in [2.45, 2.75) is 13.0 Å². The molecule has 2 N–H and O–H groups in total. The van der Waals surface area contributed by atoms with Gasteiger partial charge in [0.2, 0.25) is 0 Å². The highest BCUT2D eigenvalue weighted by molar-refractivity contribution is 6.30. The van der Waals surface area contributed by atoms with Gasteiger partial charge >= 0.3 is 12.0 Å². The highest BCUT2D eigenvalue weighted by Gasteiger charge is 2.34. The summed E-state index contributed by atoms with van der Waals surface area (Å²) >= 11 is 12.0. The molecule has 1 saturated heterocycles. The lowest BCUT2D eigenvalue weighted by Crippen LogP contribution is -2.52. The summed E-state index contributed by atoms with van der Waals surface area (Å²) in [7, 11) is 0. The average molecular weight is 490 g/mol. The van der Waals surface area contributed by atoms with E-state index in [9.17, 15) is 9.59 Å². The van der Waals surface area contributed by atoms with E-state index in [0.717, 1.165) is 37.6 Å². The Balaban J connectivity index is 1.54. The van der Waals surface area contributed by atoms with Crippen LogP contribution in [0.3, 0.4) is 0 Å². The molecule has 1 atom stereocenters. The number of piperazine rings is 1. The standard InChI is InChI=1S/C23H25Cl2N5O3/c1-2-33-22(31)20-18(27-23(32)28-21(20)15-3-5-16(24)6-4-15)14-29-9-11-30(12-10-29)19-8-7-17(25)13-26-19/h3-8,13,21H,2,9-12,14H2,1H3,(H2,27,28,32). The molecule has 0 aliphatic carbocycles. The monoisotopic (exact) mass is 489 g/mol. The molecule has 3 heterocycles. The molecule has 8 nitrogen and oxygen atoms in total. The number of urea groups is 1. The predicted molar refractivity (Wildman–Crippen MR) is 127 cm³/mol. The van der Waals surface area contributed by atoms with Crippen molar-refractivity contribution < 1.29 is 14.3 Å². The average Bonchev–Trinajstić information content (AvgIpc) is 2.80. The summed E-state index contributed by atoms with van der Waals surface area (Å²) in [5.74, 6) is 0.424. The molecule has 2 amide bonds. The zero-order valence-corrected chi connectivity index (χ0v) is 19.7. The number of carbonyl (C=O) groups excluding carboxylic acids is 2. The van der Waals surface area contributed by atoms with Gasteiger partial charge in [0.25, 0.3) is 0 Å². The number of carbonyl (C=O) groups is 2. The Kier molecular flexibility index (Phi) is 7.37. The number of benzene rings is 1. The van der Waals surface area contributed by atoms with E-state index in [0.29, 0.717) is 27.9 Å². The van der Waals surface area contributed by atoms with Gasteiger partial charge < -0.3 is 20.3 Å². The van der Waals surface area contributed by atoms with Gasteiger partial charge in [0.05, 0.1) is 23.2 Å². The fourth-order valence-electron chi connectivity index (χ4n) is 4.01. The molecule has 1 fully saturated rings. The van der Waals surface area contributed by atoms with E-state index in [1.54, 1.807) is 37.4 Å². The first-order valence-corrected chi connectivity index (χ1v) is 11.5. The summed E-state index contributed by atoms with van der Waals surface area (Å²) in [6.07, 6.45) is 1.64. The van der Waals surface area contributed by atoms with Gasteiger partial charge in [-0.25, -0.2) is 14.6 Å². The van der Waals surface area contributed by atoms with Gasteiger partial charge in [-0.05, 0) is 36.8 Å². The predicted octanol–water partition coefficient (Wildman–Crippen LogP) is 3.38. The normalized spacial score (nSPS) is 19.2. The summed E-state index contributed by atoms with van der Waals surface area (Å²) in [6, 6.07) is 9.82.